The van der Waals surface area contributed by atoms with Gasteiger partial charge in [0, 0.05) is 24.0 Å². The zero-order chi connectivity index (χ0) is 12.3. The summed E-state index contributed by atoms with van der Waals surface area (Å²) in [6.45, 7) is 11.8. The molecule has 2 nitrogen and oxygen atoms in total. The van der Waals surface area contributed by atoms with Crippen molar-refractivity contribution in [2.24, 2.45) is 11.8 Å². The molecule has 0 spiro atoms. The molecule has 1 aliphatic rings. The van der Waals surface area contributed by atoms with Crippen molar-refractivity contribution >= 4 is 11.3 Å². The smallest absolute Gasteiger partial charge is 0.0330 e. The first-order chi connectivity index (χ1) is 8.16. The van der Waals surface area contributed by atoms with Gasteiger partial charge in [-0.2, -0.15) is 0 Å². The van der Waals surface area contributed by atoms with Gasteiger partial charge < -0.3 is 5.32 Å². The van der Waals surface area contributed by atoms with Crippen LogP contribution in [0.4, 0.5) is 0 Å². The van der Waals surface area contributed by atoms with Crippen molar-refractivity contribution in [2.45, 2.75) is 33.4 Å². The number of nitrogens with zero attached hydrogens (tertiary/aromatic N) is 1. The maximum absolute atomic E-state index is 3.37. The van der Waals surface area contributed by atoms with E-state index in [1.54, 1.807) is 0 Å². The Balaban J connectivity index is 1.87. The SMILES string of the molecule is CC(CN(Cc1cccs1)C(C)C)C1CNC1. The zero-order valence-electron chi connectivity index (χ0n) is 11.1. The molecule has 96 valence electrons. The van der Waals surface area contributed by atoms with Crippen LogP contribution in [0.5, 0.6) is 0 Å². The van der Waals surface area contributed by atoms with Gasteiger partial charge in [-0.1, -0.05) is 13.0 Å². The molecule has 0 aromatic carbocycles. The molecule has 1 atom stereocenters. The topological polar surface area (TPSA) is 15.3 Å². The summed E-state index contributed by atoms with van der Waals surface area (Å²) in [4.78, 5) is 4.09. The maximum atomic E-state index is 3.37. The molecule has 1 saturated heterocycles. The first kappa shape index (κ1) is 13.1. The highest BCUT2D eigenvalue weighted by Crippen LogP contribution is 2.20. The molecule has 0 saturated carbocycles. The van der Waals surface area contributed by atoms with Gasteiger partial charge in [-0.15, -0.1) is 11.3 Å². The van der Waals surface area contributed by atoms with Gasteiger partial charge in [0.25, 0.3) is 0 Å². The van der Waals surface area contributed by atoms with Crippen LogP contribution in [-0.4, -0.2) is 30.6 Å². The molecule has 1 aliphatic heterocycles. The third-order valence-corrected chi connectivity index (χ3v) is 4.67. The first-order valence-corrected chi connectivity index (χ1v) is 7.52. The van der Waals surface area contributed by atoms with Crippen molar-refractivity contribution in [2.75, 3.05) is 19.6 Å². The van der Waals surface area contributed by atoms with Gasteiger partial charge in [0.1, 0.15) is 0 Å². The minimum absolute atomic E-state index is 0.632. The molecule has 0 bridgehead atoms. The predicted molar refractivity (Wildman–Crippen MR) is 75.4 cm³/mol. The van der Waals surface area contributed by atoms with Crippen LogP contribution in [0.25, 0.3) is 0 Å². The lowest BCUT2D eigenvalue weighted by Crippen LogP contribution is -2.48. The fourth-order valence-electron chi connectivity index (χ4n) is 2.29. The summed E-state index contributed by atoms with van der Waals surface area (Å²) in [6.07, 6.45) is 0. The molecule has 2 heterocycles. The molecule has 2 rings (SSSR count). The van der Waals surface area contributed by atoms with Crippen LogP contribution in [0.1, 0.15) is 25.6 Å². The second-order valence-corrected chi connectivity index (χ2v) is 6.53. The molecule has 1 aromatic heterocycles. The molecule has 0 aliphatic carbocycles. The van der Waals surface area contributed by atoms with Gasteiger partial charge >= 0.3 is 0 Å². The summed E-state index contributed by atoms with van der Waals surface area (Å²) in [5, 5.41) is 5.55. The largest absolute Gasteiger partial charge is 0.316 e. The van der Waals surface area contributed by atoms with Gasteiger partial charge in [-0.25, -0.2) is 0 Å². The van der Waals surface area contributed by atoms with Crippen molar-refractivity contribution in [1.29, 1.82) is 0 Å². The summed E-state index contributed by atoms with van der Waals surface area (Å²) < 4.78 is 0. The zero-order valence-corrected chi connectivity index (χ0v) is 12.0. The number of hydrogen-bond acceptors (Lipinski definition) is 3. The monoisotopic (exact) mass is 252 g/mol. The average molecular weight is 252 g/mol. The molecular weight excluding hydrogens is 228 g/mol. The second-order valence-electron chi connectivity index (χ2n) is 5.50. The lowest BCUT2D eigenvalue weighted by atomic mass is 9.88. The molecule has 0 amide bonds. The van der Waals surface area contributed by atoms with Crippen LogP contribution in [0.3, 0.4) is 0 Å². The summed E-state index contributed by atoms with van der Waals surface area (Å²) >= 11 is 1.87. The highest BCUT2D eigenvalue weighted by molar-refractivity contribution is 7.09. The van der Waals surface area contributed by atoms with Crippen LogP contribution in [0, 0.1) is 11.8 Å². The van der Waals surface area contributed by atoms with Gasteiger partial charge in [0.15, 0.2) is 0 Å². The molecule has 3 heteroatoms. The van der Waals surface area contributed by atoms with E-state index in [1.165, 1.54) is 24.5 Å². The van der Waals surface area contributed by atoms with Crippen molar-refractivity contribution in [3.63, 3.8) is 0 Å². The highest BCUT2D eigenvalue weighted by atomic mass is 32.1. The number of nitrogens with one attached hydrogen (secondary N) is 1. The lowest BCUT2D eigenvalue weighted by molar-refractivity contribution is 0.136. The van der Waals surface area contributed by atoms with E-state index in [2.05, 4.69) is 48.5 Å². The number of hydrogen-bond donors (Lipinski definition) is 1. The van der Waals surface area contributed by atoms with E-state index in [1.807, 2.05) is 11.3 Å². The molecule has 17 heavy (non-hydrogen) atoms. The van der Waals surface area contributed by atoms with Crippen LogP contribution in [-0.2, 0) is 6.54 Å². The van der Waals surface area contributed by atoms with Crippen molar-refractivity contribution in [1.82, 2.24) is 10.2 Å². The van der Waals surface area contributed by atoms with Crippen LogP contribution in [0.15, 0.2) is 17.5 Å². The van der Waals surface area contributed by atoms with Gasteiger partial charge in [0.2, 0.25) is 0 Å². The van der Waals surface area contributed by atoms with Crippen molar-refractivity contribution < 1.29 is 0 Å². The van der Waals surface area contributed by atoms with E-state index in [0.29, 0.717) is 6.04 Å². The quantitative estimate of drug-likeness (QED) is 0.837. The molecule has 1 N–H and O–H groups in total. The number of thiophene rings is 1. The Hall–Kier alpha value is -0.380. The Kier molecular flexibility index (Phi) is 4.60. The van der Waals surface area contributed by atoms with Crippen LogP contribution in [0.2, 0.25) is 0 Å². The normalized spacial score (nSPS) is 18.6. The summed E-state index contributed by atoms with van der Waals surface area (Å²) in [6, 6.07) is 5.03. The minimum atomic E-state index is 0.632. The average Bonchev–Trinajstić information content (AvgIpc) is 2.66. The van der Waals surface area contributed by atoms with Gasteiger partial charge in [-0.05, 0) is 50.2 Å². The van der Waals surface area contributed by atoms with Crippen molar-refractivity contribution in [3.8, 4) is 0 Å². The number of rotatable bonds is 6. The Morgan fingerprint density at radius 2 is 2.18 bits per heavy atom. The second kappa shape index (κ2) is 5.98. The van der Waals surface area contributed by atoms with E-state index < -0.39 is 0 Å². The Morgan fingerprint density at radius 3 is 2.65 bits per heavy atom. The van der Waals surface area contributed by atoms with Crippen LogP contribution >= 0.6 is 11.3 Å². The summed E-state index contributed by atoms with van der Waals surface area (Å²) in [5.41, 5.74) is 0. The van der Waals surface area contributed by atoms with E-state index >= 15 is 0 Å². The fraction of sp³-hybridized carbons (Fsp3) is 0.714. The first-order valence-electron chi connectivity index (χ1n) is 6.64. The highest BCUT2D eigenvalue weighted by Gasteiger charge is 2.25. The minimum Gasteiger partial charge on any atom is -0.316 e. The Labute approximate surface area is 109 Å². The Morgan fingerprint density at radius 1 is 1.41 bits per heavy atom. The lowest BCUT2D eigenvalue weighted by Gasteiger charge is -2.37. The van der Waals surface area contributed by atoms with E-state index in [-0.39, 0.29) is 0 Å². The van der Waals surface area contributed by atoms with E-state index in [4.69, 9.17) is 0 Å². The van der Waals surface area contributed by atoms with E-state index in [9.17, 15) is 0 Å². The molecule has 0 radical (unpaired) electrons. The standard InChI is InChI=1S/C14H24N2S/c1-11(2)16(10-14-5-4-6-17-14)9-12(3)13-7-15-8-13/h4-6,11-13,15H,7-10H2,1-3H3. The van der Waals surface area contributed by atoms with Gasteiger partial charge in [-0.3, -0.25) is 4.90 Å². The summed E-state index contributed by atoms with van der Waals surface area (Å²) in [5.74, 6) is 1.69. The van der Waals surface area contributed by atoms with Crippen molar-refractivity contribution in [3.05, 3.63) is 22.4 Å². The molecule has 1 aromatic rings. The maximum Gasteiger partial charge on any atom is 0.0330 e. The molecule has 1 fully saturated rings. The van der Waals surface area contributed by atoms with Gasteiger partial charge in [0.05, 0.1) is 0 Å². The molecular formula is C14H24N2S. The fourth-order valence-corrected chi connectivity index (χ4v) is 3.02. The predicted octanol–water partition coefficient (Wildman–Crippen LogP) is 2.81. The Bertz CT molecular complexity index is 317. The van der Waals surface area contributed by atoms with E-state index in [0.717, 1.165) is 18.4 Å². The third kappa shape index (κ3) is 3.54. The molecule has 1 unspecified atom stereocenters. The van der Waals surface area contributed by atoms with Crippen LogP contribution < -0.4 is 5.32 Å². The third-order valence-electron chi connectivity index (χ3n) is 3.81. The summed E-state index contributed by atoms with van der Waals surface area (Å²) in [7, 11) is 0.